The van der Waals surface area contributed by atoms with Crippen LogP contribution in [0.4, 0.5) is 0 Å². The van der Waals surface area contributed by atoms with Crippen LogP contribution in [0.25, 0.3) is 10.4 Å². The summed E-state index contributed by atoms with van der Waals surface area (Å²) in [5.74, 6) is 8.70. The van der Waals surface area contributed by atoms with Crippen molar-refractivity contribution in [3.05, 3.63) is 10.4 Å². The minimum absolute atomic E-state index is 0.218. The molecule has 0 aromatic carbocycles. The summed E-state index contributed by atoms with van der Waals surface area (Å²) < 4.78 is 0. The third-order valence-corrected chi connectivity index (χ3v) is 0.293. The molecule has 0 atom stereocenters. The number of nitrogens with zero attached hydrogens (tertiary/aromatic N) is 3. The number of carbonyl (C=O) groups is 1. The van der Waals surface area contributed by atoms with Gasteiger partial charge in [-0.3, -0.25) is 10.2 Å². The van der Waals surface area contributed by atoms with Crippen LogP contribution in [0.1, 0.15) is 6.92 Å². The molecule has 8 nitrogen and oxygen atoms in total. The van der Waals surface area contributed by atoms with Gasteiger partial charge in [0, 0.05) is 18.9 Å². The summed E-state index contributed by atoms with van der Waals surface area (Å²) >= 11 is 0. The fourth-order valence-electron chi connectivity index (χ4n) is 0. The molecule has 0 saturated carbocycles. The van der Waals surface area contributed by atoms with Gasteiger partial charge in [0.2, 0.25) is 5.91 Å². The van der Waals surface area contributed by atoms with Crippen molar-refractivity contribution in [2.24, 2.45) is 16.9 Å². The molecule has 5 N–H and O–H groups in total. The van der Waals surface area contributed by atoms with Gasteiger partial charge in [0.05, 0.1) is 7.11 Å². The van der Waals surface area contributed by atoms with Crippen LogP contribution in [0.2, 0.25) is 0 Å². The van der Waals surface area contributed by atoms with Crippen molar-refractivity contribution < 1.29 is 9.63 Å². The number of hydrogen-bond donors (Lipinski definition) is 3. The van der Waals surface area contributed by atoms with Crippen LogP contribution in [0, 0.1) is 0 Å². The maximum Gasteiger partial charge on any atom is 0.230 e. The van der Waals surface area contributed by atoms with Gasteiger partial charge in [-0.15, -0.1) is 0 Å². The standard InChI is InChI=1S/C2H6N2O.CH3N3.CH5NO/c1-2(5)4-3;1-3-4-2;1-3-2/h3H2,1H3,(H,4,5);1H3;2H2,1H3. The Labute approximate surface area is 70.4 Å². The quantitative estimate of drug-likeness (QED) is 0.114. The van der Waals surface area contributed by atoms with Gasteiger partial charge < -0.3 is 4.84 Å². The number of nitrogens with one attached hydrogen (secondary N) is 1. The van der Waals surface area contributed by atoms with Crippen molar-refractivity contribution in [2.45, 2.75) is 6.92 Å². The number of carbonyl (C=O) groups excluding carboxylic acids is 1. The molecule has 0 fully saturated rings. The molecule has 0 aliphatic rings. The first-order valence-electron chi connectivity index (χ1n) is 2.73. The third kappa shape index (κ3) is 184. The fourth-order valence-corrected chi connectivity index (χ4v) is 0. The minimum Gasteiger partial charge on any atom is -0.308 e. The Morgan fingerprint density at radius 2 is 1.92 bits per heavy atom. The molecule has 8 heteroatoms. The average Bonchev–Trinajstić information content (AvgIpc) is 2.06. The van der Waals surface area contributed by atoms with E-state index in [0.717, 1.165) is 0 Å². The van der Waals surface area contributed by atoms with E-state index in [1.807, 2.05) is 5.43 Å². The smallest absolute Gasteiger partial charge is 0.230 e. The van der Waals surface area contributed by atoms with Crippen LogP contribution in [-0.4, -0.2) is 20.1 Å². The SMILES string of the molecule is CC(=O)NN.CN=[N+]=[N-].CON. The van der Waals surface area contributed by atoms with Crippen molar-refractivity contribution in [1.29, 1.82) is 0 Å². The van der Waals surface area contributed by atoms with Crippen molar-refractivity contribution in [3.63, 3.8) is 0 Å². The molecule has 0 aromatic heterocycles. The van der Waals surface area contributed by atoms with E-state index in [1.165, 1.54) is 21.1 Å². The normalized spacial score (nSPS) is 5.75. The highest BCUT2D eigenvalue weighted by molar-refractivity contribution is 5.71. The predicted octanol–water partition coefficient (Wildman–Crippen LogP) is -0.571. The van der Waals surface area contributed by atoms with Crippen LogP contribution < -0.4 is 17.2 Å². The van der Waals surface area contributed by atoms with Gasteiger partial charge >= 0.3 is 0 Å². The van der Waals surface area contributed by atoms with Crippen molar-refractivity contribution in [1.82, 2.24) is 5.43 Å². The summed E-state index contributed by atoms with van der Waals surface area (Å²) in [6.07, 6.45) is 0. The maximum absolute atomic E-state index is 9.58. The second-order valence-electron chi connectivity index (χ2n) is 1.23. The number of hydrazine groups is 1. The number of azide groups is 1. The van der Waals surface area contributed by atoms with E-state index in [-0.39, 0.29) is 5.91 Å². The lowest BCUT2D eigenvalue weighted by molar-refractivity contribution is -0.119. The first-order valence-corrected chi connectivity index (χ1v) is 2.73. The van der Waals surface area contributed by atoms with E-state index in [0.29, 0.717) is 0 Å². The lowest BCUT2D eigenvalue weighted by Gasteiger charge is -1.80. The third-order valence-electron chi connectivity index (χ3n) is 0.293. The molecule has 0 bridgehead atoms. The van der Waals surface area contributed by atoms with E-state index in [2.05, 4.69) is 26.6 Å². The van der Waals surface area contributed by atoms with Crippen LogP contribution in [0.15, 0.2) is 5.11 Å². The van der Waals surface area contributed by atoms with Gasteiger partial charge in [-0.1, -0.05) is 5.11 Å². The Hall–Kier alpha value is -1.34. The van der Waals surface area contributed by atoms with E-state index in [1.54, 1.807) is 0 Å². The van der Waals surface area contributed by atoms with Crippen LogP contribution in [-0.2, 0) is 9.63 Å². The number of nitrogens with two attached hydrogens (primary N) is 2. The summed E-state index contributed by atoms with van der Waals surface area (Å²) in [5, 5.41) is 2.92. The number of rotatable bonds is 0. The highest BCUT2D eigenvalue weighted by Gasteiger charge is 1.73. The Bertz CT molecular complexity index is 132. The molecule has 0 rings (SSSR count). The molecule has 72 valence electrons. The molecule has 0 aliphatic heterocycles. The molecule has 0 heterocycles. The first kappa shape index (κ1) is 17.0. The Morgan fingerprint density at radius 1 is 1.75 bits per heavy atom. The van der Waals surface area contributed by atoms with Crippen molar-refractivity contribution in [2.75, 3.05) is 14.2 Å². The predicted molar refractivity (Wildman–Crippen MR) is 44.3 cm³/mol. The maximum atomic E-state index is 9.58. The fraction of sp³-hybridized carbons (Fsp3) is 0.750. The molecule has 0 saturated heterocycles. The molecule has 1 amide bonds. The lowest BCUT2D eigenvalue weighted by atomic mass is 10.8. The lowest BCUT2D eigenvalue weighted by Crippen LogP contribution is -2.26. The molecule has 0 aliphatic carbocycles. The molecule has 0 radical (unpaired) electrons. The van der Waals surface area contributed by atoms with Gasteiger partial charge in [0.15, 0.2) is 0 Å². The summed E-state index contributed by atoms with van der Waals surface area (Å²) in [6, 6.07) is 0. The summed E-state index contributed by atoms with van der Waals surface area (Å²) in [6.45, 7) is 1.35. The van der Waals surface area contributed by atoms with Gasteiger partial charge in [0.25, 0.3) is 0 Å². The van der Waals surface area contributed by atoms with Crippen LogP contribution in [0.5, 0.6) is 0 Å². The topological polar surface area (TPSA) is 139 Å². The Kier molecular flexibility index (Phi) is 31.9. The first-order chi connectivity index (χ1) is 5.60. The van der Waals surface area contributed by atoms with Gasteiger partial charge in [-0.2, -0.15) is 0 Å². The summed E-state index contributed by atoms with van der Waals surface area (Å²) in [7, 11) is 2.79. The van der Waals surface area contributed by atoms with Gasteiger partial charge in [-0.25, -0.2) is 11.7 Å². The summed E-state index contributed by atoms with van der Waals surface area (Å²) in [4.78, 5) is 15.7. The van der Waals surface area contributed by atoms with Crippen molar-refractivity contribution >= 4 is 5.91 Å². The minimum atomic E-state index is -0.218. The zero-order valence-electron chi connectivity index (χ0n) is 7.31. The van der Waals surface area contributed by atoms with Gasteiger partial charge in [-0.05, 0) is 5.53 Å². The van der Waals surface area contributed by atoms with Gasteiger partial charge in [0.1, 0.15) is 0 Å². The summed E-state index contributed by atoms with van der Waals surface area (Å²) in [5.41, 5.74) is 9.22. The largest absolute Gasteiger partial charge is 0.308 e. The van der Waals surface area contributed by atoms with E-state index in [4.69, 9.17) is 5.53 Å². The Balaban J connectivity index is -0.000000105. The zero-order chi connectivity index (χ0) is 10.4. The number of hydrogen-bond acceptors (Lipinski definition) is 5. The molecule has 0 unspecified atom stereocenters. The second-order valence-corrected chi connectivity index (χ2v) is 1.23. The van der Waals surface area contributed by atoms with E-state index >= 15 is 0 Å². The number of amides is 1. The Morgan fingerprint density at radius 3 is 1.92 bits per heavy atom. The van der Waals surface area contributed by atoms with E-state index < -0.39 is 0 Å². The van der Waals surface area contributed by atoms with Crippen LogP contribution in [0.3, 0.4) is 0 Å². The molecular weight excluding hydrogens is 164 g/mol. The molecule has 0 spiro atoms. The zero-order valence-corrected chi connectivity index (χ0v) is 7.31. The monoisotopic (exact) mass is 178 g/mol. The highest BCUT2D eigenvalue weighted by Crippen LogP contribution is 1.46. The highest BCUT2D eigenvalue weighted by atomic mass is 16.6. The molecular formula is C4H14N6O2. The second kappa shape index (κ2) is 22.6. The molecule has 12 heavy (non-hydrogen) atoms. The molecule has 0 aromatic rings. The van der Waals surface area contributed by atoms with Crippen LogP contribution >= 0.6 is 0 Å². The van der Waals surface area contributed by atoms with Crippen molar-refractivity contribution in [3.8, 4) is 0 Å². The van der Waals surface area contributed by atoms with E-state index in [9.17, 15) is 4.79 Å². The average molecular weight is 178 g/mol.